The van der Waals surface area contributed by atoms with Gasteiger partial charge in [-0.3, -0.25) is 0 Å². The van der Waals surface area contributed by atoms with Crippen LogP contribution in [-0.4, -0.2) is 32.2 Å². The molecule has 0 saturated carbocycles. The second kappa shape index (κ2) is 6.74. The van der Waals surface area contributed by atoms with Gasteiger partial charge in [-0.15, -0.1) is 11.6 Å². The third-order valence-electron chi connectivity index (χ3n) is 2.55. The van der Waals surface area contributed by atoms with Crippen LogP contribution < -0.4 is 0 Å². The summed E-state index contributed by atoms with van der Waals surface area (Å²) in [4.78, 5) is 0.237. The first kappa shape index (κ1) is 15.0. The molecule has 4 nitrogen and oxygen atoms in total. The Morgan fingerprint density at radius 2 is 1.94 bits per heavy atom. The van der Waals surface area contributed by atoms with Crippen molar-refractivity contribution in [3.8, 4) is 6.07 Å². The summed E-state index contributed by atoms with van der Waals surface area (Å²) in [5, 5.41) is 8.46. The molecule has 0 aliphatic carbocycles. The Bertz CT molecular complexity index is 520. The lowest BCUT2D eigenvalue weighted by Gasteiger charge is -2.15. The Kier molecular flexibility index (Phi) is 5.60. The normalized spacial score (nSPS) is 11.4. The average Bonchev–Trinajstić information content (AvgIpc) is 2.37. The minimum absolute atomic E-state index is 0.181. The van der Waals surface area contributed by atoms with E-state index in [-0.39, 0.29) is 17.9 Å². The number of sulfonamides is 1. The lowest BCUT2D eigenvalue weighted by molar-refractivity contribution is 0.476. The number of hydrogen-bond donors (Lipinski definition) is 0. The van der Waals surface area contributed by atoms with Gasteiger partial charge < -0.3 is 0 Å². The van der Waals surface area contributed by atoms with E-state index in [1.807, 2.05) is 6.07 Å². The van der Waals surface area contributed by atoms with E-state index in [1.165, 1.54) is 11.4 Å². The molecule has 0 radical (unpaired) electrons. The summed E-state index contributed by atoms with van der Waals surface area (Å²) in [6, 6.07) is 8.58. The van der Waals surface area contributed by atoms with Gasteiger partial charge in [-0.25, -0.2) is 8.42 Å². The zero-order valence-corrected chi connectivity index (χ0v) is 11.7. The molecule has 18 heavy (non-hydrogen) atoms. The van der Waals surface area contributed by atoms with Crippen LogP contribution in [0.3, 0.4) is 0 Å². The van der Waals surface area contributed by atoms with E-state index in [4.69, 9.17) is 16.9 Å². The van der Waals surface area contributed by atoms with Gasteiger partial charge in [0.05, 0.1) is 11.0 Å². The zero-order valence-electron chi connectivity index (χ0n) is 10.1. The molecule has 1 aromatic carbocycles. The van der Waals surface area contributed by atoms with Crippen LogP contribution in [0.15, 0.2) is 29.2 Å². The lowest BCUT2D eigenvalue weighted by Crippen LogP contribution is -2.27. The molecule has 0 spiro atoms. The minimum Gasteiger partial charge on any atom is -0.207 e. The van der Waals surface area contributed by atoms with Crippen molar-refractivity contribution < 1.29 is 8.42 Å². The molecule has 1 aromatic rings. The van der Waals surface area contributed by atoms with Gasteiger partial charge in [-0.2, -0.15) is 9.57 Å². The average molecular weight is 287 g/mol. The first-order valence-electron chi connectivity index (χ1n) is 5.50. The molecule has 98 valence electrons. The number of aryl methyl sites for hydroxylation is 1. The molecular weight excluding hydrogens is 272 g/mol. The molecule has 0 aliphatic heterocycles. The van der Waals surface area contributed by atoms with Crippen LogP contribution in [0, 0.1) is 11.3 Å². The van der Waals surface area contributed by atoms with Gasteiger partial charge in [0, 0.05) is 25.9 Å². The van der Waals surface area contributed by atoms with Gasteiger partial charge >= 0.3 is 0 Å². The molecule has 0 aromatic heterocycles. The molecule has 0 N–H and O–H groups in total. The molecule has 0 atom stereocenters. The predicted octanol–water partition coefficient (Wildman–Crippen LogP) is 2.00. The third-order valence-corrected chi connectivity index (χ3v) is 4.61. The zero-order chi connectivity index (χ0) is 13.6. The summed E-state index contributed by atoms with van der Waals surface area (Å²) < 4.78 is 25.4. The van der Waals surface area contributed by atoms with Crippen molar-refractivity contribution in [2.75, 3.05) is 19.5 Å². The quantitative estimate of drug-likeness (QED) is 0.752. The monoisotopic (exact) mass is 286 g/mol. The highest BCUT2D eigenvalue weighted by Gasteiger charge is 2.19. The van der Waals surface area contributed by atoms with Crippen LogP contribution in [-0.2, 0) is 16.4 Å². The van der Waals surface area contributed by atoms with Crippen LogP contribution in [0.2, 0.25) is 0 Å². The van der Waals surface area contributed by atoms with E-state index in [0.29, 0.717) is 12.3 Å². The largest absolute Gasteiger partial charge is 0.242 e. The van der Waals surface area contributed by atoms with Crippen LogP contribution in [0.5, 0.6) is 0 Å². The van der Waals surface area contributed by atoms with Crippen molar-refractivity contribution in [3.05, 3.63) is 29.8 Å². The highest BCUT2D eigenvalue weighted by Crippen LogP contribution is 2.15. The minimum atomic E-state index is -3.49. The van der Waals surface area contributed by atoms with Crippen molar-refractivity contribution in [3.63, 3.8) is 0 Å². The standard InChI is InChI=1S/C12H15ClN2O2S/c1-15(10-2-9-14)18(16,17)12-5-3-11(4-6-12)7-8-13/h3-6H,2,7-8,10H2,1H3. The van der Waals surface area contributed by atoms with Gasteiger partial charge in [0.15, 0.2) is 0 Å². The van der Waals surface area contributed by atoms with E-state index in [0.717, 1.165) is 5.56 Å². The smallest absolute Gasteiger partial charge is 0.207 e. The highest BCUT2D eigenvalue weighted by molar-refractivity contribution is 7.89. The first-order valence-corrected chi connectivity index (χ1v) is 7.48. The highest BCUT2D eigenvalue weighted by atomic mass is 35.5. The van der Waals surface area contributed by atoms with Crippen molar-refractivity contribution >= 4 is 21.6 Å². The van der Waals surface area contributed by atoms with E-state index in [1.54, 1.807) is 24.3 Å². The van der Waals surface area contributed by atoms with Crippen molar-refractivity contribution in [2.24, 2.45) is 0 Å². The molecule has 0 amide bonds. The Morgan fingerprint density at radius 1 is 1.33 bits per heavy atom. The van der Waals surface area contributed by atoms with Crippen molar-refractivity contribution in [1.29, 1.82) is 5.26 Å². The Labute approximate surface area is 113 Å². The van der Waals surface area contributed by atoms with Gasteiger partial charge in [0.2, 0.25) is 10.0 Å². The summed E-state index contributed by atoms with van der Waals surface area (Å²) >= 11 is 5.62. The van der Waals surface area contributed by atoms with Gasteiger partial charge in [-0.05, 0) is 24.1 Å². The van der Waals surface area contributed by atoms with E-state index in [2.05, 4.69) is 0 Å². The SMILES string of the molecule is CN(CCC#N)S(=O)(=O)c1ccc(CCCl)cc1. The van der Waals surface area contributed by atoms with Crippen molar-refractivity contribution in [1.82, 2.24) is 4.31 Å². The molecule has 0 unspecified atom stereocenters. The molecule has 1 rings (SSSR count). The van der Waals surface area contributed by atoms with Crippen molar-refractivity contribution in [2.45, 2.75) is 17.7 Å². The van der Waals surface area contributed by atoms with Gasteiger partial charge in [0.25, 0.3) is 0 Å². The topological polar surface area (TPSA) is 61.2 Å². The van der Waals surface area contributed by atoms with Gasteiger partial charge in [0.1, 0.15) is 0 Å². The second-order valence-electron chi connectivity index (χ2n) is 3.82. The number of alkyl halides is 1. The maximum Gasteiger partial charge on any atom is 0.242 e. The second-order valence-corrected chi connectivity index (χ2v) is 6.24. The van der Waals surface area contributed by atoms with Crippen LogP contribution in [0.1, 0.15) is 12.0 Å². The molecule has 0 fully saturated rings. The first-order chi connectivity index (χ1) is 8.52. The van der Waals surface area contributed by atoms with Gasteiger partial charge in [-0.1, -0.05) is 12.1 Å². The fourth-order valence-electron chi connectivity index (χ4n) is 1.44. The molecule has 0 saturated heterocycles. The fourth-order valence-corrected chi connectivity index (χ4v) is 2.83. The summed E-state index contributed by atoms with van der Waals surface area (Å²) in [6.07, 6.45) is 0.895. The number of hydrogen-bond acceptors (Lipinski definition) is 3. The van der Waals surface area contributed by atoms with Crippen LogP contribution in [0.25, 0.3) is 0 Å². The molecule has 0 heterocycles. The summed E-state index contributed by atoms with van der Waals surface area (Å²) in [6.45, 7) is 0.197. The Morgan fingerprint density at radius 3 is 2.44 bits per heavy atom. The summed E-state index contributed by atoms with van der Waals surface area (Å²) in [7, 11) is -2.02. The summed E-state index contributed by atoms with van der Waals surface area (Å²) in [5.41, 5.74) is 1.00. The molecule has 0 bridgehead atoms. The molecule has 6 heteroatoms. The number of halogens is 1. The maximum atomic E-state index is 12.1. The maximum absolute atomic E-state index is 12.1. The predicted molar refractivity (Wildman–Crippen MR) is 70.9 cm³/mol. The van der Waals surface area contributed by atoms with E-state index in [9.17, 15) is 8.42 Å². The summed E-state index contributed by atoms with van der Waals surface area (Å²) in [5.74, 6) is 0.508. The van der Waals surface area contributed by atoms with E-state index < -0.39 is 10.0 Å². The number of benzene rings is 1. The lowest BCUT2D eigenvalue weighted by atomic mass is 10.2. The molecular formula is C12H15ClN2O2S. The van der Waals surface area contributed by atoms with E-state index >= 15 is 0 Å². The number of nitrogens with zero attached hydrogens (tertiary/aromatic N) is 2. The number of nitriles is 1. The van der Waals surface area contributed by atoms with Crippen LogP contribution in [0.4, 0.5) is 0 Å². The Balaban J connectivity index is 2.88. The van der Waals surface area contributed by atoms with Crippen LogP contribution >= 0.6 is 11.6 Å². The fraction of sp³-hybridized carbons (Fsp3) is 0.417. The molecule has 0 aliphatic rings. The number of rotatable bonds is 6. The third kappa shape index (κ3) is 3.70. The Hall–Kier alpha value is -1.09.